The molecule has 150 valence electrons. The van der Waals surface area contributed by atoms with Gasteiger partial charge in [0.15, 0.2) is 0 Å². The molecule has 0 atom stereocenters. The third-order valence-electron chi connectivity index (χ3n) is 6.63. The zero-order chi connectivity index (χ0) is 20.2. The van der Waals surface area contributed by atoms with E-state index in [0.717, 1.165) is 48.3 Å². The number of para-hydroxylation sites is 1. The fourth-order valence-electron chi connectivity index (χ4n) is 4.38. The maximum absolute atomic E-state index is 13.3. The van der Waals surface area contributed by atoms with Crippen LogP contribution in [-0.4, -0.2) is 49.0 Å². The molecule has 5 nitrogen and oxygen atoms in total. The van der Waals surface area contributed by atoms with Gasteiger partial charge in [0.1, 0.15) is 0 Å². The fourth-order valence-corrected chi connectivity index (χ4v) is 4.38. The Kier molecular flexibility index (Phi) is 4.17. The van der Waals surface area contributed by atoms with Gasteiger partial charge in [-0.3, -0.25) is 4.79 Å². The lowest BCUT2D eigenvalue weighted by Crippen LogP contribution is -2.57. The largest absolute Gasteiger partial charge is 0.368 e. The number of aromatic nitrogens is 1. The molecule has 0 bridgehead atoms. The average molecular weight is 389 g/mol. The first-order chi connectivity index (χ1) is 14.0. The van der Waals surface area contributed by atoms with E-state index in [0.29, 0.717) is 6.04 Å². The molecule has 2 N–H and O–H groups in total. The summed E-state index contributed by atoms with van der Waals surface area (Å²) < 4.78 is 0. The van der Waals surface area contributed by atoms with Gasteiger partial charge in [-0.05, 0) is 57.6 Å². The minimum absolute atomic E-state index is 0.0248. The highest BCUT2D eigenvalue weighted by molar-refractivity contribution is 5.98. The third kappa shape index (κ3) is 3.10. The number of carbonyl (C=O) groups excluding carboxylic acids is 1. The number of anilines is 1. The Bertz CT molecular complexity index is 1070. The molecule has 0 unspecified atom stereocenters. The van der Waals surface area contributed by atoms with Crippen LogP contribution in [0.15, 0.2) is 48.7 Å². The van der Waals surface area contributed by atoms with Crippen LogP contribution in [0.3, 0.4) is 0 Å². The summed E-state index contributed by atoms with van der Waals surface area (Å²) in [7, 11) is 4.24. The van der Waals surface area contributed by atoms with Gasteiger partial charge in [-0.25, -0.2) is 0 Å². The number of benzene rings is 2. The van der Waals surface area contributed by atoms with E-state index < -0.39 is 0 Å². The maximum Gasteiger partial charge on any atom is 0.252 e. The summed E-state index contributed by atoms with van der Waals surface area (Å²) >= 11 is 0. The van der Waals surface area contributed by atoms with Crippen molar-refractivity contribution in [2.24, 2.45) is 0 Å². The van der Waals surface area contributed by atoms with Crippen molar-refractivity contribution in [1.29, 1.82) is 0 Å². The summed E-state index contributed by atoms with van der Waals surface area (Å²) in [6.07, 6.45) is 4.02. The summed E-state index contributed by atoms with van der Waals surface area (Å²) in [6.45, 7) is 4.04. The molecule has 1 saturated carbocycles. The van der Waals surface area contributed by atoms with Crippen molar-refractivity contribution in [3.8, 4) is 0 Å². The van der Waals surface area contributed by atoms with Crippen molar-refractivity contribution >= 4 is 22.5 Å². The number of carbonyl (C=O) groups is 1. The average Bonchev–Trinajstić information content (AvgIpc) is 3.29. The molecule has 1 aromatic heterocycles. The van der Waals surface area contributed by atoms with Gasteiger partial charge < -0.3 is 20.1 Å². The highest BCUT2D eigenvalue weighted by atomic mass is 16.1. The molecule has 29 heavy (non-hydrogen) atoms. The number of likely N-dealkylation sites (N-methyl/N-ethyl adjacent to an activating group) is 1. The Morgan fingerprint density at radius 1 is 1.17 bits per heavy atom. The number of amides is 1. The first-order valence-corrected chi connectivity index (χ1v) is 10.4. The van der Waals surface area contributed by atoms with Crippen LogP contribution in [0.5, 0.6) is 0 Å². The molecule has 3 aromatic rings. The number of rotatable bonds is 5. The molecule has 2 aliphatic rings. The predicted molar refractivity (Wildman–Crippen MR) is 118 cm³/mol. The summed E-state index contributed by atoms with van der Waals surface area (Å²) in [5.74, 6) is 0.0248. The summed E-state index contributed by atoms with van der Waals surface area (Å²) in [4.78, 5) is 21.2. The lowest BCUT2D eigenvalue weighted by molar-refractivity contribution is 0.0930. The number of nitrogens with zero attached hydrogens (tertiary/aromatic N) is 2. The zero-order valence-electron chi connectivity index (χ0n) is 17.3. The van der Waals surface area contributed by atoms with E-state index >= 15 is 0 Å². The molecule has 1 amide bonds. The molecule has 2 aromatic carbocycles. The Morgan fingerprint density at radius 3 is 2.66 bits per heavy atom. The number of hydrogen-bond acceptors (Lipinski definition) is 3. The number of hydrogen-bond donors (Lipinski definition) is 2. The van der Waals surface area contributed by atoms with Crippen molar-refractivity contribution < 1.29 is 4.79 Å². The Labute approximate surface area is 171 Å². The molecule has 1 aliphatic heterocycles. The van der Waals surface area contributed by atoms with Gasteiger partial charge >= 0.3 is 0 Å². The number of H-pyrrole nitrogens is 1. The first-order valence-electron chi connectivity index (χ1n) is 10.4. The van der Waals surface area contributed by atoms with Gasteiger partial charge in [-0.15, -0.1) is 0 Å². The van der Waals surface area contributed by atoms with Crippen LogP contribution in [0.1, 0.15) is 34.3 Å². The number of aryl methyl sites for hydroxylation is 1. The summed E-state index contributed by atoms with van der Waals surface area (Å²) in [5, 5.41) is 4.56. The summed E-state index contributed by atoms with van der Waals surface area (Å²) in [6, 6.07) is 15.1. The molecule has 2 heterocycles. The molecular formula is C24H28N4O. The standard InChI is InChI=1S/C24H28N4O/c1-16-8-9-17(28-14-18(15-28)27(2)3)12-20(16)23(29)26-24(10-11-24)21-13-25-22-7-5-4-6-19(21)22/h4-9,12-13,18,25H,10-11,14-15H2,1-3H3,(H,26,29). The highest BCUT2D eigenvalue weighted by Crippen LogP contribution is 2.48. The second-order valence-corrected chi connectivity index (χ2v) is 8.81. The highest BCUT2D eigenvalue weighted by Gasteiger charge is 2.47. The lowest BCUT2D eigenvalue weighted by atomic mass is 10.0. The van der Waals surface area contributed by atoms with E-state index in [1.807, 2.05) is 13.0 Å². The fraction of sp³-hybridized carbons (Fsp3) is 0.375. The van der Waals surface area contributed by atoms with Crippen LogP contribution in [0, 0.1) is 6.92 Å². The van der Waals surface area contributed by atoms with Crippen LogP contribution in [0.25, 0.3) is 10.9 Å². The number of nitrogens with one attached hydrogen (secondary N) is 2. The molecule has 5 rings (SSSR count). The molecule has 5 heteroatoms. The van der Waals surface area contributed by atoms with Crippen molar-refractivity contribution in [3.63, 3.8) is 0 Å². The first kappa shape index (κ1) is 18.3. The topological polar surface area (TPSA) is 51.4 Å². The van der Waals surface area contributed by atoms with E-state index in [1.165, 1.54) is 10.9 Å². The molecule has 1 saturated heterocycles. The van der Waals surface area contributed by atoms with Gasteiger partial charge in [0.25, 0.3) is 5.91 Å². The molecule has 0 radical (unpaired) electrons. The van der Waals surface area contributed by atoms with E-state index in [4.69, 9.17) is 0 Å². The van der Waals surface area contributed by atoms with Crippen molar-refractivity contribution in [2.75, 3.05) is 32.1 Å². The minimum atomic E-state index is -0.244. The lowest BCUT2D eigenvalue weighted by Gasteiger charge is -2.44. The smallest absolute Gasteiger partial charge is 0.252 e. The van der Waals surface area contributed by atoms with Gasteiger partial charge in [-0.2, -0.15) is 0 Å². The van der Waals surface area contributed by atoms with Gasteiger partial charge in [0, 0.05) is 53.0 Å². The number of fused-ring (bicyclic) bond motifs is 1. The van der Waals surface area contributed by atoms with E-state index in [1.54, 1.807) is 0 Å². The monoisotopic (exact) mass is 388 g/mol. The van der Waals surface area contributed by atoms with Crippen LogP contribution >= 0.6 is 0 Å². The Hall–Kier alpha value is -2.79. The minimum Gasteiger partial charge on any atom is -0.368 e. The summed E-state index contributed by atoms with van der Waals surface area (Å²) in [5.41, 5.74) is 5.01. The van der Waals surface area contributed by atoms with Crippen LogP contribution in [0.4, 0.5) is 5.69 Å². The van der Waals surface area contributed by atoms with Crippen LogP contribution in [-0.2, 0) is 5.54 Å². The third-order valence-corrected chi connectivity index (χ3v) is 6.63. The SMILES string of the molecule is Cc1ccc(N2CC(N(C)C)C2)cc1C(=O)NC1(c2c[nH]c3ccccc23)CC1. The van der Waals surface area contributed by atoms with Crippen molar-refractivity contribution in [3.05, 3.63) is 65.4 Å². The van der Waals surface area contributed by atoms with E-state index in [2.05, 4.69) is 76.8 Å². The van der Waals surface area contributed by atoms with E-state index in [-0.39, 0.29) is 11.4 Å². The predicted octanol–water partition coefficient (Wildman–Crippen LogP) is 3.65. The van der Waals surface area contributed by atoms with Gasteiger partial charge in [-0.1, -0.05) is 24.3 Å². The van der Waals surface area contributed by atoms with Crippen molar-refractivity contribution in [2.45, 2.75) is 31.3 Å². The molecule has 1 aliphatic carbocycles. The van der Waals surface area contributed by atoms with Crippen LogP contribution < -0.4 is 10.2 Å². The zero-order valence-corrected chi connectivity index (χ0v) is 17.3. The second kappa shape index (κ2) is 6.63. The quantitative estimate of drug-likeness (QED) is 0.702. The van der Waals surface area contributed by atoms with Gasteiger partial charge in [0.05, 0.1) is 5.54 Å². The van der Waals surface area contributed by atoms with Crippen molar-refractivity contribution in [1.82, 2.24) is 15.2 Å². The van der Waals surface area contributed by atoms with E-state index in [9.17, 15) is 4.79 Å². The van der Waals surface area contributed by atoms with Gasteiger partial charge in [0.2, 0.25) is 0 Å². The Balaban J connectivity index is 1.38. The Morgan fingerprint density at radius 2 is 1.93 bits per heavy atom. The normalized spacial score (nSPS) is 18.1. The van der Waals surface area contributed by atoms with Crippen LogP contribution in [0.2, 0.25) is 0 Å². The second-order valence-electron chi connectivity index (χ2n) is 8.81. The maximum atomic E-state index is 13.3. The molecule has 2 fully saturated rings. The number of aromatic amines is 1. The molecular weight excluding hydrogens is 360 g/mol. The molecule has 0 spiro atoms.